The molecule has 5 heteroatoms. The van der Waals surface area contributed by atoms with Crippen LogP contribution in [-0.2, 0) is 11.3 Å². The number of guanidine groups is 1. The third-order valence-electron chi connectivity index (χ3n) is 4.30. The largest absolute Gasteiger partial charge is 0.375 e. The van der Waals surface area contributed by atoms with Gasteiger partial charge in [0.15, 0.2) is 5.96 Å². The van der Waals surface area contributed by atoms with Gasteiger partial charge >= 0.3 is 0 Å². The first-order chi connectivity index (χ1) is 12.2. The number of piperidine rings is 1. The summed E-state index contributed by atoms with van der Waals surface area (Å²) in [7, 11) is 1.82. The third kappa shape index (κ3) is 7.71. The molecule has 138 valence electrons. The molecule has 1 fully saturated rings. The average molecular weight is 345 g/mol. The number of aliphatic imine (C=N–C) groups is 1. The second-order valence-electron chi connectivity index (χ2n) is 6.69. The van der Waals surface area contributed by atoms with Gasteiger partial charge in [0.2, 0.25) is 0 Å². The lowest BCUT2D eigenvalue weighted by Gasteiger charge is -2.33. The monoisotopic (exact) mass is 344 g/mol. The van der Waals surface area contributed by atoms with Gasteiger partial charge in [-0.15, -0.1) is 0 Å². The van der Waals surface area contributed by atoms with Crippen molar-refractivity contribution in [2.45, 2.75) is 32.4 Å². The Morgan fingerprint density at radius 2 is 2.00 bits per heavy atom. The van der Waals surface area contributed by atoms with Gasteiger partial charge in [-0.25, -0.2) is 0 Å². The van der Waals surface area contributed by atoms with Crippen molar-refractivity contribution in [1.82, 2.24) is 15.5 Å². The maximum atomic E-state index is 5.70. The zero-order valence-corrected chi connectivity index (χ0v) is 15.6. The number of benzene rings is 1. The highest BCUT2D eigenvalue weighted by Gasteiger charge is 2.19. The SMILES string of the molecule is C=C(C)CN1CCC(NC(=NC)NCCOCc2ccccc2)CC1. The fraction of sp³-hybridized carbons (Fsp3) is 0.550. The molecule has 2 N–H and O–H groups in total. The van der Waals surface area contributed by atoms with Crippen molar-refractivity contribution in [3.63, 3.8) is 0 Å². The summed E-state index contributed by atoms with van der Waals surface area (Å²) >= 11 is 0. The van der Waals surface area contributed by atoms with Crippen LogP contribution in [0.1, 0.15) is 25.3 Å². The minimum Gasteiger partial charge on any atom is -0.375 e. The summed E-state index contributed by atoms with van der Waals surface area (Å²) in [5.41, 5.74) is 2.44. The van der Waals surface area contributed by atoms with Crippen LogP contribution in [0.3, 0.4) is 0 Å². The summed E-state index contributed by atoms with van der Waals surface area (Å²) in [6.07, 6.45) is 2.27. The maximum Gasteiger partial charge on any atom is 0.191 e. The highest BCUT2D eigenvalue weighted by molar-refractivity contribution is 5.79. The molecule has 0 amide bonds. The number of hydrogen-bond acceptors (Lipinski definition) is 3. The molecule has 1 aliphatic heterocycles. The van der Waals surface area contributed by atoms with Gasteiger partial charge in [0.25, 0.3) is 0 Å². The topological polar surface area (TPSA) is 48.9 Å². The molecule has 0 unspecified atom stereocenters. The first-order valence-corrected chi connectivity index (χ1v) is 9.13. The van der Waals surface area contributed by atoms with Crippen molar-refractivity contribution in [3.05, 3.63) is 48.0 Å². The number of nitrogens with zero attached hydrogens (tertiary/aromatic N) is 2. The van der Waals surface area contributed by atoms with E-state index in [2.05, 4.69) is 46.2 Å². The van der Waals surface area contributed by atoms with Crippen molar-refractivity contribution >= 4 is 5.96 Å². The van der Waals surface area contributed by atoms with E-state index in [9.17, 15) is 0 Å². The minimum atomic E-state index is 0.484. The molecule has 25 heavy (non-hydrogen) atoms. The van der Waals surface area contributed by atoms with E-state index in [-0.39, 0.29) is 0 Å². The standard InChI is InChI=1S/C20H32N4O/c1-17(2)15-24-12-9-19(10-13-24)23-20(21-3)22-11-14-25-16-18-7-5-4-6-8-18/h4-8,19H,1,9-16H2,2-3H3,(H2,21,22,23). The Kier molecular flexibility index (Phi) is 8.49. The van der Waals surface area contributed by atoms with Crippen LogP contribution in [0.5, 0.6) is 0 Å². The molecular formula is C20H32N4O. The normalized spacial score (nSPS) is 16.6. The Morgan fingerprint density at radius 1 is 1.28 bits per heavy atom. The molecular weight excluding hydrogens is 312 g/mol. The number of ether oxygens (including phenoxy) is 1. The summed E-state index contributed by atoms with van der Waals surface area (Å²) in [5, 5.41) is 6.85. The van der Waals surface area contributed by atoms with Gasteiger partial charge in [-0.2, -0.15) is 0 Å². The molecule has 0 atom stereocenters. The molecule has 1 saturated heterocycles. The summed E-state index contributed by atoms with van der Waals surface area (Å²) in [4.78, 5) is 6.78. The quantitative estimate of drug-likeness (QED) is 0.329. The highest BCUT2D eigenvalue weighted by Crippen LogP contribution is 2.11. The maximum absolute atomic E-state index is 5.70. The molecule has 1 aromatic rings. The van der Waals surface area contributed by atoms with Gasteiger partial charge in [-0.1, -0.05) is 42.5 Å². The lowest BCUT2D eigenvalue weighted by Crippen LogP contribution is -2.49. The van der Waals surface area contributed by atoms with Crippen molar-refractivity contribution in [2.24, 2.45) is 4.99 Å². The van der Waals surface area contributed by atoms with Crippen molar-refractivity contribution in [3.8, 4) is 0 Å². The molecule has 0 aromatic heterocycles. The lowest BCUT2D eigenvalue weighted by atomic mass is 10.0. The van der Waals surface area contributed by atoms with Gasteiger partial charge in [-0.05, 0) is 25.3 Å². The van der Waals surface area contributed by atoms with E-state index in [1.807, 2.05) is 25.2 Å². The first-order valence-electron chi connectivity index (χ1n) is 9.13. The van der Waals surface area contributed by atoms with Gasteiger partial charge in [-0.3, -0.25) is 9.89 Å². The van der Waals surface area contributed by atoms with Crippen LogP contribution in [0.4, 0.5) is 0 Å². The molecule has 0 spiro atoms. The fourth-order valence-corrected chi connectivity index (χ4v) is 3.01. The molecule has 0 radical (unpaired) electrons. The van der Waals surface area contributed by atoms with Crippen LogP contribution in [0.25, 0.3) is 0 Å². The van der Waals surface area contributed by atoms with Crippen LogP contribution in [0.15, 0.2) is 47.5 Å². The Bertz CT molecular complexity index is 536. The second-order valence-corrected chi connectivity index (χ2v) is 6.69. The van der Waals surface area contributed by atoms with Crippen molar-refractivity contribution < 1.29 is 4.74 Å². The summed E-state index contributed by atoms with van der Waals surface area (Å²) in [5.74, 6) is 0.863. The van der Waals surface area contributed by atoms with E-state index in [0.29, 0.717) is 19.3 Å². The molecule has 0 saturated carbocycles. The highest BCUT2D eigenvalue weighted by atomic mass is 16.5. The fourth-order valence-electron chi connectivity index (χ4n) is 3.01. The smallest absolute Gasteiger partial charge is 0.191 e. The summed E-state index contributed by atoms with van der Waals surface area (Å²) in [6.45, 7) is 11.4. The Labute approximate surface area is 152 Å². The van der Waals surface area contributed by atoms with E-state index in [0.717, 1.165) is 45.0 Å². The van der Waals surface area contributed by atoms with E-state index in [1.54, 1.807) is 0 Å². The van der Waals surface area contributed by atoms with Gasteiger partial charge < -0.3 is 15.4 Å². The molecule has 0 aliphatic carbocycles. The van der Waals surface area contributed by atoms with Crippen molar-refractivity contribution in [2.75, 3.05) is 39.8 Å². The molecule has 0 bridgehead atoms. The van der Waals surface area contributed by atoms with Crippen LogP contribution in [0, 0.1) is 0 Å². The van der Waals surface area contributed by atoms with E-state index < -0.39 is 0 Å². The number of nitrogens with one attached hydrogen (secondary N) is 2. The Hall–Kier alpha value is -1.85. The number of rotatable bonds is 8. The zero-order chi connectivity index (χ0) is 17.9. The van der Waals surface area contributed by atoms with Crippen LogP contribution < -0.4 is 10.6 Å². The Morgan fingerprint density at radius 3 is 2.64 bits per heavy atom. The second kappa shape index (κ2) is 10.9. The van der Waals surface area contributed by atoms with Crippen molar-refractivity contribution in [1.29, 1.82) is 0 Å². The van der Waals surface area contributed by atoms with Gasteiger partial charge in [0, 0.05) is 39.3 Å². The predicted molar refractivity (Wildman–Crippen MR) is 105 cm³/mol. The van der Waals surface area contributed by atoms with E-state index >= 15 is 0 Å². The zero-order valence-electron chi connectivity index (χ0n) is 15.6. The average Bonchev–Trinajstić information content (AvgIpc) is 2.62. The lowest BCUT2D eigenvalue weighted by molar-refractivity contribution is 0.125. The van der Waals surface area contributed by atoms with E-state index in [4.69, 9.17) is 4.74 Å². The van der Waals surface area contributed by atoms with Crippen LogP contribution >= 0.6 is 0 Å². The molecule has 5 nitrogen and oxygen atoms in total. The minimum absolute atomic E-state index is 0.484. The van der Waals surface area contributed by atoms with Crippen LogP contribution in [-0.4, -0.2) is 56.7 Å². The summed E-state index contributed by atoms with van der Waals surface area (Å²) in [6, 6.07) is 10.7. The number of hydrogen-bond donors (Lipinski definition) is 2. The summed E-state index contributed by atoms with van der Waals surface area (Å²) < 4.78 is 5.70. The molecule has 1 aliphatic rings. The van der Waals surface area contributed by atoms with Gasteiger partial charge in [0.1, 0.15) is 0 Å². The Balaban J connectivity index is 1.59. The predicted octanol–water partition coefficient (Wildman–Crippen LogP) is 2.41. The molecule has 2 rings (SSSR count). The van der Waals surface area contributed by atoms with E-state index in [1.165, 1.54) is 11.1 Å². The van der Waals surface area contributed by atoms with Gasteiger partial charge in [0.05, 0.1) is 13.2 Å². The molecule has 1 aromatic carbocycles. The van der Waals surface area contributed by atoms with Crippen LogP contribution in [0.2, 0.25) is 0 Å². The first kappa shape index (κ1) is 19.5. The third-order valence-corrected chi connectivity index (χ3v) is 4.30. The molecule has 1 heterocycles. The number of likely N-dealkylation sites (tertiary alicyclic amines) is 1.